The van der Waals surface area contributed by atoms with Gasteiger partial charge in [-0.15, -0.1) is 0 Å². The molecule has 3 nitrogen and oxygen atoms in total. The van der Waals surface area contributed by atoms with E-state index in [1.807, 2.05) is 0 Å². The number of aromatic hydroxyl groups is 1. The van der Waals surface area contributed by atoms with Crippen molar-refractivity contribution in [1.82, 2.24) is 9.97 Å². The second-order valence-electron chi connectivity index (χ2n) is 2.05. The molecule has 2 aromatic heterocycles. The molecular weight excluding hydrogens is 152 g/mol. The van der Waals surface area contributed by atoms with Crippen LogP contribution in [0.5, 0.6) is 5.88 Å². The van der Waals surface area contributed by atoms with E-state index < -0.39 is 0 Å². The summed E-state index contributed by atoms with van der Waals surface area (Å²) >= 11 is 5.67. The number of nitrogens with one attached hydrogen (secondary N) is 2. The second-order valence-corrected chi connectivity index (χ2v) is 2.43. The predicted molar refractivity (Wildman–Crippen MR) is 39.3 cm³/mol. The number of halogens is 1. The lowest BCUT2D eigenvalue weighted by Gasteiger charge is -1.81. The lowest BCUT2D eigenvalue weighted by molar-refractivity contribution is 0.458. The van der Waals surface area contributed by atoms with E-state index in [4.69, 9.17) is 16.7 Å². The summed E-state index contributed by atoms with van der Waals surface area (Å²) in [6.45, 7) is 0. The van der Waals surface area contributed by atoms with Gasteiger partial charge in [-0.2, -0.15) is 0 Å². The van der Waals surface area contributed by atoms with Gasteiger partial charge in [0.25, 0.3) is 0 Å². The first-order valence-corrected chi connectivity index (χ1v) is 3.20. The zero-order valence-corrected chi connectivity index (χ0v) is 5.74. The first kappa shape index (κ1) is 5.68. The molecule has 0 fully saturated rings. The van der Waals surface area contributed by atoms with Crippen molar-refractivity contribution in [2.75, 3.05) is 0 Å². The van der Waals surface area contributed by atoms with Crippen LogP contribution in [0.25, 0.3) is 11.0 Å². The number of H-pyrrole nitrogens is 2. The average Bonchev–Trinajstić information content (AvgIpc) is 2.41. The number of hydrogen-bond acceptors (Lipinski definition) is 1. The largest absolute Gasteiger partial charge is 0.493 e. The fraction of sp³-hybridized carbons (Fsp3) is 0. The van der Waals surface area contributed by atoms with Crippen LogP contribution in [0, 0.1) is 0 Å². The maximum atomic E-state index is 9.02. The minimum Gasteiger partial charge on any atom is -0.493 e. The summed E-state index contributed by atoms with van der Waals surface area (Å²) < 4.78 is 0. The topological polar surface area (TPSA) is 51.8 Å². The van der Waals surface area contributed by atoms with Crippen LogP contribution in [0.1, 0.15) is 0 Å². The molecule has 0 aromatic carbocycles. The summed E-state index contributed by atoms with van der Waals surface area (Å²) in [6.07, 6.45) is 1.76. The first-order chi connectivity index (χ1) is 4.79. The van der Waals surface area contributed by atoms with Crippen molar-refractivity contribution >= 4 is 22.6 Å². The van der Waals surface area contributed by atoms with E-state index in [9.17, 15) is 0 Å². The summed E-state index contributed by atoms with van der Waals surface area (Å²) in [5.74, 6) is 0.0171. The monoisotopic (exact) mass is 156 g/mol. The van der Waals surface area contributed by atoms with Gasteiger partial charge in [0, 0.05) is 6.20 Å². The zero-order valence-electron chi connectivity index (χ0n) is 4.98. The van der Waals surface area contributed by atoms with Crippen molar-refractivity contribution in [1.29, 1.82) is 0 Å². The van der Waals surface area contributed by atoms with Gasteiger partial charge in [-0.05, 0) is 6.07 Å². The van der Waals surface area contributed by atoms with Crippen LogP contribution >= 0.6 is 11.6 Å². The highest BCUT2D eigenvalue weighted by atomic mass is 35.5. The molecule has 2 rings (SSSR count). The van der Waals surface area contributed by atoms with Gasteiger partial charge in [0.15, 0.2) is 0 Å². The third-order valence-electron chi connectivity index (χ3n) is 1.43. The van der Waals surface area contributed by atoms with Crippen molar-refractivity contribution in [3.8, 4) is 5.88 Å². The normalized spacial score (nSPS) is 10.9. The average molecular weight is 157 g/mol. The molecule has 0 aliphatic heterocycles. The van der Waals surface area contributed by atoms with Gasteiger partial charge in [-0.1, -0.05) is 11.6 Å². The highest BCUT2D eigenvalue weighted by molar-refractivity contribution is 6.36. The highest BCUT2D eigenvalue weighted by Crippen LogP contribution is 2.30. The zero-order chi connectivity index (χ0) is 7.14. The summed E-state index contributed by atoms with van der Waals surface area (Å²) in [6, 6.07) is 1.81. The lowest BCUT2D eigenvalue weighted by Crippen LogP contribution is -1.60. The van der Waals surface area contributed by atoms with Gasteiger partial charge in [-0.3, -0.25) is 0 Å². The summed E-state index contributed by atoms with van der Waals surface area (Å²) in [7, 11) is 0. The van der Waals surface area contributed by atoms with Gasteiger partial charge in [0.1, 0.15) is 5.02 Å². The number of aromatic amines is 2. The van der Waals surface area contributed by atoms with Crippen LogP contribution < -0.4 is 0 Å². The van der Waals surface area contributed by atoms with E-state index in [0.29, 0.717) is 5.02 Å². The molecule has 0 radical (unpaired) electrons. The van der Waals surface area contributed by atoms with E-state index in [1.54, 1.807) is 12.3 Å². The maximum Gasteiger partial charge on any atom is 0.210 e. The Bertz CT molecular complexity index is 363. The SMILES string of the molecule is Oc1[nH]c2cc[nH]c2c1Cl. The molecule has 0 aliphatic carbocycles. The van der Waals surface area contributed by atoms with Gasteiger partial charge in [0.2, 0.25) is 5.88 Å². The Morgan fingerprint density at radius 2 is 2.30 bits per heavy atom. The molecule has 52 valence electrons. The highest BCUT2D eigenvalue weighted by Gasteiger charge is 2.07. The Labute approximate surface area is 61.6 Å². The van der Waals surface area contributed by atoms with Crippen LogP contribution in [0.2, 0.25) is 5.02 Å². The van der Waals surface area contributed by atoms with E-state index >= 15 is 0 Å². The minimum atomic E-state index is 0.0171. The number of hydrogen-bond donors (Lipinski definition) is 3. The fourth-order valence-corrected chi connectivity index (χ4v) is 1.16. The van der Waals surface area contributed by atoms with Gasteiger partial charge in [0.05, 0.1) is 11.0 Å². The van der Waals surface area contributed by atoms with Crippen molar-refractivity contribution in [2.45, 2.75) is 0 Å². The van der Waals surface area contributed by atoms with Crippen molar-refractivity contribution in [3.63, 3.8) is 0 Å². The van der Waals surface area contributed by atoms with Crippen molar-refractivity contribution in [3.05, 3.63) is 17.3 Å². The standard InChI is InChI=1S/C6H5ClN2O/c7-4-5-3(1-2-8-5)9-6(4)10/h1-2,8-10H. The third-order valence-corrected chi connectivity index (χ3v) is 1.80. The Balaban J connectivity index is 2.95. The fourth-order valence-electron chi connectivity index (χ4n) is 0.956. The molecule has 0 atom stereocenters. The van der Waals surface area contributed by atoms with Crippen LogP contribution in [0.15, 0.2) is 12.3 Å². The van der Waals surface area contributed by atoms with Gasteiger partial charge >= 0.3 is 0 Å². The molecule has 2 heterocycles. The minimum absolute atomic E-state index is 0.0171. The van der Waals surface area contributed by atoms with Crippen molar-refractivity contribution < 1.29 is 5.11 Å². The molecule has 10 heavy (non-hydrogen) atoms. The Hall–Kier alpha value is -1.09. The van der Waals surface area contributed by atoms with E-state index in [0.717, 1.165) is 11.0 Å². The predicted octanol–water partition coefficient (Wildman–Crippen LogP) is 1.85. The van der Waals surface area contributed by atoms with E-state index in [-0.39, 0.29) is 5.88 Å². The number of rotatable bonds is 0. The lowest BCUT2D eigenvalue weighted by atomic mass is 10.5. The van der Waals surface area contributed by atoms with Crippen LogP contribution in [-0.4, -0.2) is 15.1 Å². The second kappa shape index (κ2) is 1.70. The molecule has 0 saturated carbocycles. The molecule has 0 aliphatic rings. The molecule has 0 bridgehead atoms. The molecule has 0 saturated heterocycles. The maximum absolute atomic E-state index is 9.02. The molecule has 0 amide bonds. The molecule has 2 aromatic rings. The van der Waals surface area contributed by atoms with Crippen molar-refractivity contribution in [2.24, 2.45) is 0 Å². The molecule has 4 heteroatoms. The third kappa shape index (κ3) is 0.552. The molecule has 0 spiro atoms. The number of aromatic nitrogens is 2. The molecular formula is C6H5ClN2O. The van der Waals surface area contributed by atoms with Gasteiger partial charge < -0.3 is 15.1 Å². The van der Waals surface area contributed by atoms with Crippen LogP contribution in [-0.2, 0) is 0 Å². The van der Waals surface area contributed by atoms with E-state index in [1.165, 1.54) is 0 Å². The smallest absolute Gasteiger partial charge is 0.210 e. The quantitative estimate of drug-likeness (QED) is 0.536. The molecule has 0 unspecified atom stereocenters. The number of fused-ring (bicyclic) bond motifs is 1. The Morgan fingerprint density at radius 1 is 1.50 bits per heavy atom. The van der Waals surface area contributed by atoms with Crippen LogP contribution in [0.3, 0.4) is 0 Å². The summed E-state index contributed by atoms with van der Waals surface area (Å²) in [5, 5.41) is 9.37. The summed E-state index contributed by atoms with van der Waals surface area (Å²) in [4.78, 5) is 5.58. The Kier molecular flexibility index (Phi) is 0.964. The summed E-state index contributed by atoms with van der Waals surface area (Å²) in [5.41, 5.74) is 1.57. The van der Waals surface area contributed by atoms with Gasteiger partial charge in [-0.25, -0.2) is 0 Å². The Morgan fingerprint density at radius 3 is 3.00 bits per heavy atom. The van der Waals surface area contributed by atoms with E-state index in [2.05, 4.69) is 9.97 Å². The van der Waals surface area contributed by atoms with Crippen LogP contribution in [0.4, 0.5) is 0 Å². The molecule has 3 N–H and O–H groups in total. The first-order valence-electron chi connectivity index (χ1n) is 2.82.